The first-order chi connectivity index (χ1) is 12.0. The highest BCUT2D eigenvalue weighted by molar-refractivity contribution is 5.80. The molecule has 0 N–H and O–H groups in total. The van der Waals surface area contributed by atoms with Crippen molar-refractivity contribution >= 4 is 11.9 Å². The third-order valence-corrected chi connectivity index (χ3v) is 4.61. The first-order valence-corrected chi connectivity index (χ1v) is 8.66. The second-order valence-electron chi connectivity index (χ2n) is 6.22. The van der Waals surface area contributed by atoms with Crippen molar-refractivity contribution in [1.29, 1.82) is 0 Å². The van der Waals surface area contributed by atoms with Gasteiger partial charge in [0.05, 0.1) is 33.2 Å². The molecule has 0 atom stereocenters. The van der Waals surface area contributed by atoms with Crippen LogP contribution in [-0.2, 0) is 20.7 Å². The van der Waals surface area contributed by atoms with Crippen molar-refractivity contribution in [2.24, 2.45) is 5.92 Å². The zero-order valence-corrected chi connectivity index (χ0v) is 15.5. The molecule has 1 aliphatic rings. The van der Waals surface area contributed by atoms with Gasteiger partial charge in [0, 0.05) is 18.7 Å². The second kappa shape index (κ2) is 8.74. The monoisotopic (exact) mass is 349 g/mol. The van der Waals surface area contributed by atoms with Crippen molar-refractivity contribution < 1.29 is 23.8 Å². The molecular weight excluding hydrogens is 322 g/mol. The van der Waals surface area contributed by atoms with E-state index in [1.807, 2.05) is 24.0 Å². The number of ether oxygens (including phenoxy) is 3. The summed E-state index contributed by atoms with van der Waals surface area (Å²) in [6.45, 7) is 5.29. The van der Waals surface area contributed by atoms with E-state index < -0.39 is 0 Å². The fourth-order valence-corrected chi connectivity index (χ4v) is 3.15. The normalized spacial score (nSPS) is 15.0. The summed E-state index contributed by atoms with van der Waals surface area (Å²) in [5, 5.41) is 0. The van der Waals surface area contributed by atoms with Gasteiger partial charge in [-0.1, -0.05) is 0 Å². The first-order valence-electron chi connectivity index (χ1n) is 8.66. The number of carbonyl (C=O) groups is 2. The molecule has 0 bridgehead atoms. The van der Waals surface area contributed by atoms with E-state index in [0.29, 0.717) is 38.3 Å². The Balaban J connectivity index is 2.00. The Morgan fingerprint density at radius 1 is 1.12 bits per heavy atom. The van der Waals surface area contributed by atoms with Gasteiger partial charge in [0.2, 0.25) is 5.91 Å². The Morgan fingerprint density at radius 2 is 1.76 bits per heavy atom. The van der Waals surface area contributed by atoms with Gasteiger partial charge in [-0.05, 0) is 44.4 Å². The summed E-state index contributed by atoms with van der Waals surface area (Å²) in [7, 11) is 3.21. The third-order valence-electron chi connectivity index (χ3n) is 4.61. The Hall–Kier alpha value is -2.24. The maximum absolute atomic E-state index is 12.6. The topological polar surface area (TPSA) is 65.1 Å². The molecule has 138 valence electrons. The highest BCUT2D eigenvalue weighted by Gasteiger charge is 2.28. The van der Waals surface area contributed by atoms with Gasteiger partial charge < -0.3 is 19.1 Å². The molecule has 0 aromatic heterocycles. The molecule has 6 nitrogen and oxygen atoms in total. The standard InChI is InChI=1S/C19H27NO5/c1-5-25-19(22)14-6-8-20(9-7-14)18(21)12-15-11-16(23-3)13(2)10-17(15)24-4/h10-11,14H,5-9,12H2,1-4H3. The van der Waals surface area contributed by atoms with Crippen LogP contribution < -0.4 is 9.47 Å². The molecule has 1 aromatic rings. The van der Waals surface area contributed by atoms with Crippen LogP contribution in [0.1, 0.15) is 30.9 Å². The van der Waals surface area contributed by atoms with Crippen molar-refractivity contribution in [2.75, 3.05) is 33.9 Å². The summed E-state index contributed by atoms with van der Waals surface area (Å²) in [6, 6.07) is 3.74. The predicted molar refractivity (Wildman–Crippen MR) is 93.9 cm³/mol. The number of hydrogen-bond donors (Lipinski definition) is 0. The lowest BCUT2D eigenvalue weighted by atomic mass is 9.96. The lowest BCUT2D eigenvalue weighted by Crippen LogP contribution is -2.41. The molecule has 1 aliphatic heterocycles. The number of benzene rings is 1. The third kappa shape index (κ3) is 4.65. The smallest absolute Gasteiger partial charge is 0.309 e. The molecule has 6 heteroatoms. The molecule has 0 aliphatic carbocycles. The first kappa shape index (κ1) is 19.1. The van der Waals surface area contributed by atoms with E-state index in [9.17, 15) is 9.59 Å². The number of carbonyl (C=O) groups excluding carboxylic acids is 2. The van der Waals surface area contributed by atoms with Gasteiger partial charge >= 0.3 is 5.97 Å². The molecule has 0 unspecified atom stereocenters. The van der Waals surface area contributed by atoms with Gasteiger partial charge in [-0.25, -0.2) is 0 Å². The molecule has 1 aromatic carbocycles. The Labute approximate surface area is 149 Å². The van der Waals surface area contributed by atoms with Crippen LogP contribution in [0.5, 0.6) is 11.5 Å². The number of rotatable bonds is 6. The van der Waals surface area contributed by atoms with E-state index in [1.165, 1.54) is 0 Å². The van der Waals surface area contributed by atoms with Crippen LogP contribution in [0.3, 0.4) is 0 Å². The lowest BCUT2D eigenvalue weighted by molar-refractivity contribution is -0.151. The van der Waals surface area contributed by atoms with Gasteiger partial charge in [0.25, 0.3) is 0 Å². The number of nitrogens with zero attached hydrogens (tertiary/aromatic N) is 1. The minimum absolute atomic E-state index is 0.0338. The number of esters is 1. The molecule has 2 rings (SSSR count). The number of amides is 1. The molecule has 1 heterocycles. The second-order valence-corrected chi connectivity index (χ2v) is 6.22. The number of piperidine rings is 1. The van der Waals surface area contributed by atoms with Crippen LogP contribution in [0.15, 0.2) is 12.1 Å². The zero-order chi connectivity index (χ0) is 18.4. The summed E-state index contributed by atoms with van der Waals surface area (Å²) in [6.07, 6.45) is 1.56. The SMILES string of the molecule is CCOC(=O)C1CCN(C(=O)Cc2cc(OC)c(C)cc2OC)CC1. The number of hydrogen-bond acceptors (Lipinski definition) is 5. The Bertz CT molecular complexity index is 620. The van der Waals surface area contributed by atoms with Crippen LogP contribution in [0.25, 0.3) is 0 Å². The molecule has 0 spiro atoms. The quantitative estimate of drug-likeness (QED) is 0.738. The number of likely N-dealkylation sites (tertiary alicyclic amines) is 1. The Morgan fingerprint density at radius 3 is 2.32 bits per heavy atom. The number of methoxy groups -OCH3 is 2. The van der Waals surface area contributed by atoms with Crippen LogP contribution in [-0.4, -0.2) is 50.7 Å². The fourth-order valence-electron chi connectivity index (χ4n) is 3.15. The van der Waals surface area contributed by atoms with E-state index in [0.717, 1.165) is 16.9 Å². The van der Waals surface area contributed by atoms with Gasteiger partial charge in [0.1, 0.15) is 11.5 Å². The molecule has 0 radical (unpaired) electrons. The van der Waals surface area contributed by atoms with Crippen molar-refractivity contribution in [3.8, 4) is 11.5 Å². The van der Waals surface area contributed by atoms with Crippen molar-refractivity contribution in [3.63, 3.8) is 0 Å². The van der Waals surface area contributed by atoms with Crippen molar-refractivity contribution in [1.82, 2.24) is 4.90 Å². The Kier molecular flexibility index (Phi) is 6.67. The van der Waals surface area contributed by atoms with E-state index in [-0.39, 0.29) is 24.2 Å². The maximum atomic E-state index is 12.6. The summed E-state index contributed by atoms with van der Waals surface area (Å²) in [5.74, 6) is 1.21. The van der Waals surface area contributed by atoms with E-state index in [1.54, 1.807) is 21.1 Å². The van der Waals surface area contributed by atoms with Gasteiger partial charge in [0.15, 0.2) is 0 Å². The van der Waals surface area contributed by atoms with E-state index in [4.69, 9.17) is 14.2 Å². The van der Waals surface area contributed by atoms with Crippen LogP contribution >= 0.6 is 0 Å². The summed E-state index contributed by atoms with van der Waals surface area (Å²) in [4.78, 5) is 26.2. The molecule has 1 amide bonds. The molecule has 25 heavy (non-hydrogen) atoms. The minimum atomic E-state index is -0.153. The highest BCUT2D eigenvalue weighted by Crippen LogP contribution is 2.29. The van der Waals surface area contributed by atoms with Crippen LogP contribution in [0.2, 0.25) is 0 Å². The van der Waals surface area contributed by atoms with E-state index >= 15 is 0 Å². The minimum Gasteiger partial charge on any atom is -0.496 e. The molecule has 1 saturated heterocycles. The maximum Gasteiger partial charge on any atom is 0.309 e. The highest BCUT2D eigenvalue weighted by atomic mass is 16.5. The van der Waals surface area contributed by atoms with Gasteiger partial charge in [-0.3, -0.25) is 9.59 Å². The molecular formula is C19H27NO5. The largest absolute Gasteiger partial charge is 0.496 e. The number of aryl methyl sites for hydroxylation is 1. The average Bonchev–Trinajstić information content (AvgIpc) is 2.63. The van der Waals surface area contributed by atoms with Gasteiger partial charge in [-0.15, -0.1) is 0 Å². The van der Waals surface area contributed by atoms with E-state index in [2.05, 4.69) is 0 Å². The zero-order valence-electron chi connectivity index (χ0n) is 15.5. The lowest BCUT2D eigenvalue weighted by Gasteiger charge is -2.31. The summed E-state index contributed by atoms with van der Waals surface area (Å²) in [5.41, 5.74) is 1.77. The van der Waals surface area contributed by atoms with Crippen molar-refractivity contribution in [3.05, 3.63) is 23.3 Å². The molecule has 0 saturated carbocycles. The summed E-state index contributed by atoms with van der Waals surface area (Å²) >= 11 is 0. The van der Waals surface area contributed by atoms with Crippen LogP contribution in [0, 0.1) is 12.8 Å². The fraction of sp³-hybridized carbons (Fsp3) is 0.579. The van der Waals surface area contributed by atoms with Gasteiger partial charge in [-0.2, -0.15) is 0 Å². The van der Waals surface area contributed by atoms with Crippen LogP contribution in [0.4, 0.5) is 0 Å². The van der Waals surface area contributed by atoms with Crippen molar-refractivity contribution in [2.45, 2.75) is 33.1 Å². The summed E-state index contributed by atoms with van der Waals surface area (Å²) < 4.78 is 15.8. The average molecular weight is 349 g/mol. The molecule has 1 fully saturated rings. The predicted octanol–water partition coefficient (Wildman–Crippen LogP) is 2.36.